The lowest BCUT2D eigenvalue weighted by Gasteiger charge is -2.38. The zero-order chi connectivity index (χ0) is 28.3. The van der Waals surface area contributed by atoms with Gasteiger partial charge in [-0.3, -0.25) is 9.78 Å². The summed E-state index contributed by atoms with van der Waals surface area (Å²) in [7, 11) is -3.72. The Morgan fingerprint density at radius 1 is 1.02 bits per heavy atom. The number of sulfone groups is 1. The zero-order valence-corrected chi connectivity index (χ0v) is 23.7. The van der Waals surface area contributed by atoms with Crippen LogP contribution in [0.15, 0.2) is 35.7 Å². The molecular weight excluding hydrogens is 542 g/mol. The Kier molecular flexibility index (Phi) is 6.29. The highest BCUT2D eigenvalue weighted by Crippen LogP contribution is 2.45. The van der Waals surface area contributed by atoms with Gasteiger partial charge in [-0.05, 0) is 44.6 Å². The highest BCUT2D eigenvalue weighted by molar-refractivity contribution is 7.91. The number of pyridine rings is 1. The van der Waals surface area contributed by atoms with E-state index in [1.807, 2.05) is 17.2 Å². The van der Waals surface area contributed by atoms with E-state index in [1.165, 1.54) is 42.9 Å². The standard InChI is InChI=1S/C28H33N9O3S/c1-41(39,40)24-23(18-11-19-8-9-20(12-18)36(19)28(38)26-31-15-32-35-26)34-27-21(14-33-37(27)25(24)29)17-7-10-22(30-13-17)16-5-3-2-4-6-16/h7,10,13-16,18-20H,2-6,8-9,11-12,29H2,1H3,(H,31,32,35). The van der Waals surface area contributed by atoms with Crippen molar-refractivity contribution >= 4 is 27.2 Å². The van der Waals surface area contributed by atoms with Crippen LogP contribution >= 0.6 is 0 Å². The molecule has 4 aromatic rings. The highest BCUT2D eigenvalue weighted by Gasteiger charge is 2.46. The Bertz CT molecular complexity index is 1700. The molecule has 1 aliphatic carbocycles. The number of aromatic nitrogens is 7. The van der Waals surface area contributed by atoms with Crippen molar-refractivity contribution in [2.24, 2.45) is 0 Å². The fourth-order valence-electron chi connectivity index (χ4n) is 7.25. The third kappa shape index (κ3) is 4.46. The molecule has 0 spiro atoms. The Hall–Kier alpha value is -3.87. The molecule has 6 heterocycles. The minimum atomic E-state index is -3.72. The number of H-pyrrole nitrogens is 1. The van der Waals surface area contributed by atoms with Gasteiger partial charge < -0.3 is 15.6 Å². The van der Waals surface area contributed by atoms with Crippen molar-refractivity contribution in [3.63, 3.8) is 0 Å². The van der Waals surface area contributed by atoms with E-state index in [4.69, 9.17) is 15.7 Å². The molecule has 3 aliphatic rings. The molecule has 2 atom stereocenters. The number of aromatic amines is 1. The van der Waals surface area contributed by atoms with E-state index in [0.717, 1.165) is 35.9 Å². The van der Waals surface area contributed by atoms with Crippen molar-refractivity contribution in [2.45, 2.75) is 86.6 Å². The van der Waals surface area contributed by atoms with Crippen molar-refractivity contribution in [3.05, 3.63) is 48.1 Å². The summed E-state index contributed by atoms with van der Waals surface area (Å²) in [5.74, 6) is 0.405. The van der Waals surface area contributed by atoms with Crippen molar-refractivity contribution in [1.29, 1.82) is 0 Å². The van der Waals surface area contributed by atoms with E-state index in [0.29, 0.717) is 30.1 Å². The molecule has 3 fully saturated rings. The molecule has 13 heteroatoms. The first-order valence-electron chi connectivity index (χ1n) is 14.3. The van der Waals surface area contributed by atoms with Crippen LogP contribution in [-0.4, -0.2) is 72.3 Å². The lowest BCUT2D eigenvalue weighted by molar-refractivity contribution is 0.0556. The summed E-state index contributed by atoms with van der Waals surface area (Å²) in [5.41, 5.74) is 10.2. The molecule has 0 radical (unpaired) electrons. The zero-order valence-electron chi connectivity index (χ0n) is 22.9. The van der Waals surface area contributed by atoms with Crippen LogP contribution in [0.25, 0.3) is 16.8 Å². The van der Waals surface area contributed by atoms with Gasteiger partial charge >= 0.3 is 0 Å². The van der Waals surface area contributed by atoms with E-state index in [-0.39, 0.29) is 40.4 Å². The summed E-state index contributed by atoms with van der Waals surface area (Å²) in [6.45, 7) is 0. The third-order valence-electron chi connectivity index (χ3n) is 9.13. The molecule has 12 nitrogen and oxygen atoms in total. The molecular formula is C28H33N9O3S. The third-order valence-corrected chi connectivity index (χ3v) is 10.3. The molecule has 4 aromatic heterocycles. The number of amides is 1. The summed E-state index contributed by atoms with van der Waals surface area (Å²) in [4.78, 5) is 27.6. The number of nitrogen functional groups attached to an aromatic ring is 1. The Labute approximate surface area is 237 Å². The maximum atomic E-state index is 13.2. The lowest BCUT2D eigenvalue weighted by atomic mass is 9.86. The first-order chi connectivity index (χ1) is 19.8. The number of piperidine rings is 1. The molecule has 1 saturated carbocycles. The predicted molar refractivity (Wildman–Crippen MR) is 151 cm³/mol. The topological polar surface area (TPSA) is 165 Å². The van der Waals surface area contributed by atoms with E-state index in [1.54, 1.807) is 6.20 Å². The first kappa shape index (κ1) is 26.1. The Morgan fingerprint density at radius 3 is 2.41 bits per heavy atom. The molecule has 0 aromatic carbocycles. The minimum Gasteiger partial charge on any atom is -0.382 e. The second kappa shape index (κ2) is 9.89. The van der Waals surface area contributed by atoms with Crippen LogP contribution in [0.4, 0.5) is 5.82 Å². The number of nitrogens with one attached hydrogen (secondary N) is 1. The minimum absolute atomic E-state index is 0.0184. The lowest BCUT2D eigenvalue weighted by Crippen LogP contribution is -2.46. The van der Waals surface area contributed by atoms with Gasteiger partial charge in [0, 0.05) is 53.2 Å². The van der Waals surface area contributed by atoms with Crippen LogP contribution in [0, 0.1) is 0 Å². The maximum Gasteiger partial charge on any atom is 0.292 e. The van der Waals surface area contributed by atoms with Crippen LogP contribution in [0.1, 0.15) is 91.6 Å². The molecule has 3 N–H and O–H groups in total. The van der Waals surface area contributed by atoms with E-state index in [9.17, 15) is 13.2 Å². The molecule has 1 amide bonds. The normalized spacial score (nSPS) is 23.3. The summed E-state index contributed by atoms with van der Waals surface area (Å²) in [6.07, 6.45) is 15.0. The second-order valence-corrected chi connectivity index (χ2v) is 13.6. The van der Waals surface area contributed by atoms with Crippen LogP contribution in [-0.2, 0) is 9.84 Å². The van der Waals surface area contributed by atoms with Crippen molar-refractivity contribution in [2.75, 3.05) is 12.0 Å². The molecule has 7 rings (SSSR count). The van der Waals surface area contributed by atoms with Crippen LogP contribution in [0.5, 0.6) is 0 Å². The average molecular weight is 576 g/mol. The van der Waals surface area contributed by atoms with Gasteiger partial charge in [-0.1, -0.05) is 25.3 Å². The maximum absolute atomic E-state index is 13.2. The average Bonchev–Trinajstić information content (AvgIpc) is 3.71. The number of rotatable bonds is 5. The van der Waals surface area contributed by atoms with Gasteiger partial charge in [0.25, 0.3) is 5.91 Å². The number of nitrogens with two attached hydrogens (primary N) is 1. The predicted octanol–water partition coefficient (Wildman–Crippen LogP) is 3.49. The first-order valence-corrected chi connectivity index (χ1v) is 16.2. The van der Waals surface area contributed by atoms with E-state index < -0.39 is 9.84 Å². The van der Waals surface area contributed by atoms with Gasteiger partial charge in [-0.15, -0.1) is 10.2 Å². The van der Waals surface area contributed by atoms with E-state index >= 15 is 0 Å². The molecule has 2 saturated heterocycles. The van der Waals surface area contributed by atoms with E-state index in [2.05, 4.69) is 26.3 Å². The summed E-state index contributed by atoms with van der Waals surface area (Å²) in [5, 5.41) is 12.1. The summed E-state index contributed by atoms with van der Waals surface area (Å²) >= 11 is 0. The monoisotopic (exact) mass is 575 g/mol. The smallest absolute Gasteiger partial charge is 0.292 e. The number of nitrogens with zero attached hydrogens (tertiary/aromatic N) is 7. The second-order valence-electron chi connectivity index (χ2n) is 11.7. The summed E-state index contributed by atoms with van der Waals surface area (Å²) < 4.78 is 27.6. The fraction of sp³-hybridized carbons (Fsp3) is 0.500. The summed E-state index contributed by atoms with van der Waals surface area (Å²) in [6, 6.07) is 4.03. The van der Waals surface area contributed by atoms with Gasteiger partial charge in [0.15, 0.2) is 15.5 Å². The van der Waals surface area contributed by atoms with Gasteiger partial charge in [0.1, 0.15) is 17.0 Å². The largest absolute Gasteiger partial charge is 0.382 e. The highest BCUT2D eigenvalue weighted by atomic mass is 32.2. The van der Waals surface area contributed by atoms with Crippen LogP contribution in [0.2, 0.25) is 0 Å². The molecule has 214 valence electrons. The van der Waals surface area contributed by atoms with Crippen molar-refractivity contribution in [3.8, 4) is 11.1 Å². The van der Waals surface area contributed by atoms with Crippen molar-refractivity contribution < 1.29 is 13.2 Å². The number of carbonyl (C=O) groups excluding carboxylic acids is 1. The number of anilines is 1. The number of hydrogen-bond donors (Lipinski definition) is 2. The number of fused-ring (bicyclic) bond motifs is 3. The fourth-order valence-corrected chi connectivity index (χ4v) is 8.31. The SMILES string of the molecule is CS(=O)(=O)c1c(C2CC3CCC(C2)N3C(=O)c2nnc[nH]2)nc2c(-c3ccc(C4CCCCC4)nc3)cnn2c1N. The molecule has 41 heavy (non-hydrogen) atoms. The van der Waals surface area contributed by atoms with Crippen LogP contribution in [0.3, 0.4) is 0 Å². The van der Waals surface area contributed by atoms with Gasteiger partial charge in [-0.25, -0.2) is 13.4 Å². The molecule has 2 unspecified atom stereocenters. The molecule has 2 bridgehead atoms. The number of carbonyl (C=O) groups is 1. The number of hydrogen-bond acceptors (Lipinski definition) is 9. The van der Waals surface area contributed by atoms with Crippen LogP contribution < -0.4 is 5.73 Å². The van der Waals surface area contributed by atoms with Crippen molar-refractivity contribution in [1.82, 2.24) is 39.7 Å². The Morgan fingerprint density at radius 2 is 1.78 bits per heavy atom. The van der Waals surface area contributed by atoms with Gasteiger partial charge in [-0.2, -0.15) is 9.61 Å². The van der Waals surface area contributed by atoms with Gasteiger partial charge in [0.2, 0.25) is 5.82 Å². The van der Waals surface area contributed by atoms with Gasteiger partial charge in [0.05, 0.1) is 11.9 Å². The Balaban J connectivity index is 1.26. The quantitative estimate of drug-likeness (QED) is 0.362. The molecule has 2 aliphatic heterocycles.